The van der Waals surface area contributed by atoms with Gasteiger partial charge in [-0.15, -0.1) is 0 Å². The van der Waals surface area contributed by atoms with E-state index in [1.165, 1.54) is 0 Å². The summed E-state index contributed by atoms with van der Waals surface area (Å²) in [5, 5.41) is 3.37. The monoisotopic (exact) mass is 294 g/mol. The molecule has 90 valence electrons. The molecule has 0 aliphatic rings. The highest BCUT2D eigenvalue weighted by Gasteiger charge is 2.06. The summed E-state index contributed by atoms with van der Waals surface area (Å²) < 4.78 is 6.30. The van der Waals surface area contributed by atoms with Crippen molar-refractivity contribution in [2.75, 3.05) is 5.32 Å². The van der Waals surface area contributed by atoms with E-state index in [-0.39, 0.29) is 0 Å². The van der Waals surface area contributed by atoms with Gasteiger partial charge in [0.2, 0.25) is 0 Å². The van der Waals surface area contributed by atoms with Gasteiger partial charge in [-0.05, 0) is 53.5 Å². The summed E-state index contributed by atoms with van der Waals surface area (Å²) in [5.74, 6) is 1.91. The SMILES string of the molecule is CC(CCc1ccco1)Nc1ncccc1Br. The van der Waals surface area contributed by atoms with Gasteiger partial charge >= 0.3 is 0 Å². The Labute approximate surface area is 109 Å². The average molecular weight is 295 g/mol. The highest BCUT2D eigenvalue weighted by atomic mass is 79.9. The molecule has 0 saturated heterocycles. The molecule has 2 aromatic heterocycles. The van der Waals surface area contributed by atoms with Crippen molar-refractivity contribution in [3.63, 3.8) is 0 Å². The Hall–Kier alpha value is -1.29. The van der Waals surface area contributed by atoms with Gasteiger partial charge in [-0.25, -0.2) is 4.98 Å². The van der Waals surface area contributed by atoms with E-state index in [4.69, 9.17) is 4.42 Å². The van der Waals surface area contributed by atoms with E-state index in [1.807, 2.05) is 24.3 Å². The fourth-order valence-corrected chi connectivity index (χ4v) is 1.98. The molecule has 17 heavy (non-hydrogen) atoms. The molecule has 1 atom stereocenters. The second kappa shape index (κ2) is 5.87. The van der Waals surface area contributed by atoms with Gasteiger partial charge in [-0.1, -0.05) is 0 Å². The first-order chi connectivity index (χ1) is 8.25. The zero-order valence-corrected chi connectivity index (χ0v) is 11.3. The third kappa shape index (κ3) is 3.60. The maximum absolute atomic E-state index is 5.31. The number of furan rings is 1. The van der Waals surface area contributed by atoms with Crippen LogP contribution in [-0.2, 0) is 6.42 Å². The topological polar surface area (TPSA) is 38.1 Å². The minimum absolute atomic E-state index is 0.353. The number of aryl methyl sites for hydroxylation is 1. The van der Waals surface area contributed by atoms with Crippen molar-refractivity contribution in [1.29, 1.82) is 0 Å². The molecule has 0 aromatic carbocycles. The fourth-order valence-electron chi connectivity index (χ4n) is 1.61. The standard InChI is InChI=1S/C13H15BrN2O/c1-10(6-7-11-4-3-9-17-11)16-13-12(14)5-2-8-15-13/h2-5,8-10H,6-7H2,1H3,(H,15,16). The number of hydrogen-bond acceptors (Lipinski definition) is 3. The van der Waals surface area contributed by atoms with Crippen LogP contribution in [0.2, 0.25) is 0 Å². The summed E-state index contributed by atoms with van der Waals surface area (Å²) in [6.07, 6.45) is 5.44. The van der Waals surface area contributed by atoms with Gasteiger partial charge in [0.15, 0.2) is 0 Å². The van der Waals surface area contributed by atoms with Gasteiger partial charge in [0.1, 0.15) is 11.6 Å². The third-order valence-corrected chi connectivity index (χ3v) is 3.19. The lowest BCUT2D eigenvalue weighted by Gasteiger charge is -2.14. The van der Waals surface area contributed by atoms with Crippen LogP contribution >= 0.6 is 15.9 Å². The summed E-state index contributed by atoms with van der Waals surface area (Å²) in [7, 11) is 0. The molecule has 0 bridgehead atoms. The van der Waals surface area contributed by atoms with Crippen LogP contribution in [0.3, 0.4) is 0 Å². The lowest BCUT2D eigenvalue weighted by atomic mass is 10.1. The first-order valence-electron chi connectivity index (χ1n) is 5.65. The number of pyridine rings is 1. The molecule has 1 N–H and O–H groups in total. The van der Waals surface area contributed by atoms with Crippen LogP contribution in [0.15, 0.2) is 45.6 Å². The number of rotatable bonds is 5. The molecule has 2 rings (SSSR count). The van der Waals surface area contributed by atoms with Crippen LogP contribution in [0.1, 0.15) is 19.1 Å². The molecule has 0 aliphatic heterocycles. The van der Waals surface area contributed by atoms with Crippen LogP contribution < -0.4 is 5.32 Å². The minimum Gasteiger partial charge on any atom is -0.469 e. The van der Waals surface area contributed by atoms with Gasteiger partial charge in [-0.2, -0.15) is 0 Å². The van der Waals surface area contributed by atoms with E-state index in [0.717, 1.165) is 28.9 Å². The van der Waals surface area contributed by atoms with E-state index in [2.05, 4.69) is 33.2 Å². The molecule has 0 saturated carbocycles. The van der Waals surface area contributed by atoms with Crippen molar-refractivity contribution in [1.82, 2.24) is 4.98 Å². The van der Waals surface area contributed by atoms with Gasteiger partial charge in [0.05, 0.1) is 10.7 Å². The summed E-state index contributed by atoms with van der Waals surface area (Å²) in [4.78, 5) is 4.28. The molecule has 1 unspecified atom stereocenters. The Kier molecular flexibility index (Phi) is 4.20. The van der Waals surface area contributed by atoms with Gasteiger partial charge in [-0.3, -0.25) is 0 Å². The molecule has 0 aliphatic carbocycles. The fraction of sp³-hybridized carbons (Fsp3) is 0.308. The van der Waals surface area contributed by atoms with Gasteiger partial charge in [0, 0.05) is 18.7 Å². The van der Waals surface area contributed by atoms with Gasteiger partial charge < -0.3 is 9.73 Å². The molecule has 0 fully saturated rings. The molecule has 2 aromatic rings. The first kappa shape index (κ1) is 12.2. The Morgan fingerprint density at radius 2 is 2.29 bits per heavy atom. The van der Waals surface area contributed by atoms with Crippen LogP contribution in [-0.4, -0.2) is 11.0 Å². The number of halogens is 1. The second-order valence-electron chi connectivity index (χ2n) is 4.00. The molecular weight excluding hydrogens is 280 g/mol. The maximum atomic E-state index is 5.31. The zero-order valence-electron chi connectivity index (χ0n) is 9.69. The second-order valence-corrected chi connectivity index (χ2v) is 4.85. The third-order valence-electron chi connectivity index (χ3n) is 2.55. The Morgan fingerprint density at radius 1 is 1.41 bits per heavy atom. The number of nitrogens with zero attached hydrogens (tertiary/aromatic N) is 1. The largest absolute Gasteiger partial charge is 0.469 e. The van der Waals surface area contributed by atoms with Crippen LogP contribution in [0.5, 0.6) is 0 Å². The first-order valence-corrected chi connectivity index (χ1v) is 6.44. The Morgan fingerprint density at radius 3 is 3.00 bits per heavy atom. The number of aromatic nitrogens is 1. The van der Waals surface area contributed by atoms with Crippen molar-refractivity contribution >= 4 is 21.7 Å². The smallest absolute Gasteiger partial charge is 0.140 e. The molecule has 0 radical (unpaired) electrons. The highest BCUT2D eigenvalue weighted by Crippen LogP contribution is 2.20. The summed E-state index contributed by atoms with van der Waals surface area (Å²) in [5.41, 5.74) is 0. The quantitative estimate of drug-likeness (QED) is 0.910. The van der Waals surface area contributed by atoms with Crippen LogP contribution in [0.25, 0.3) is 0 Å². The van der Waals surface area contributed by atoms with Crippen molar-refractivity contribution in [3.8, 4) is 0 Å². The molecule has 0 amide bonds. The summed E-state index contributed by atoms with van der Waals surface area (Å²) in [6, 6.07) is 8.16. The zero-order chi connectivity index (χ0) is 12.1. The Balaban J connectivity index is 1.85. The van der Waals surface area contributed by atoms with Crippen molar-refractivity contribution in [3.05, 3.63) is 47.0 Å². The van der Waals surface area contributed by atoms with Crippen molar-refractivity contribution in [2.45, 2.75) is 25.8 Å². The average Bonchev–Trinajstić information content (AvgIpc) is 2.82. The predicted octanol–water partition coefficient (Wildman–Crippen LogP) is 3.87. The number of anilines is 1. The van der Waals surface area contributed by atoms with E-state index >= 15 is 0 Å². The molecule has 0 spiro atoms. The van der Waals surface area contributed by atoms with Crippen LogP contribution in [0, 0.1) is 0 Å². The van der Waals surface area contributed by atoms with Crippen LogP contribution in [0.4, 0.5) is 5.82 Å². The van der Waals surface area contributed by atoms with Gasteiger partial charge in [0.25, 0.3) is 0 Å². The normalized spacial score (nSPS) is 12.4. The summed E-state index contributed by atoms with van der Waals surface area (Å²) >= 11 is 3.47. The molecule has 2 heterocycles. The minimum atomic E-state index is 0.353. The van der Waals surface area contributed by atoms with Crippen molar-refractivity contribution in [2.24, 2.45) is 0 Å². The molecule has 3 nitrogen and oxygen atoms in total. The lowest BCUT2D eigenvalue weighted by molar-refractivity contribution is 0.495. The lowest BCUT2D eigenvalue weighted by Crippen LogP contribution is -2.17. The van der Waals surface area contributed by atoms with E-state index in [0.29, 0.717) is 6.04 Å². The molecular formula is C13H15BrN2O. The maximum Gasteiger partial charge on any atom is 0.140 e. The summed E-state index contributed by atoms with van der Waals surface area (Å²) in [6.45, 7) is 2.14. The van der Waals surface area contributed by atoms with E-state index in [1.54, 1.807) is 12.5 Å². The van der Waals surface area contributed by atoms with E-state index in [9.17, 15) is 0 Å². The van der Waals surface area contributed by atoms with E-state index < -0.39 is 0 Å². The number of nitrogens with one attached hydrogen (secondary N) is 1. The molecule has 4 heteroatoms. The predicted molar refractivity (Wildman–Crippen MR) is 72.1 cm³/mol. The van der Waals surface area contributed by atoms with Crippen molar-refractivity contribution < 1.29 is 4.42 Å². The number of hydrogen-bond donors (Lipinski definition) is 1. The Bertz CT molecular complexity index is 456. The highest BCUT2D eigenvalue weighted by molar-refractivity contribution is 9.10.